The molecule has 0 radical (unpaired) electrons. The molecule has 1 atom stereocenters. The van der Waals surface area contributed by atoms with Crippen LogP contribution < -0.4 is 20.1 Å². The van der Waals surface area contributed by atoms with Crippen LogP contribution in [0.4, 0.5) is 0 Å². The van der Waals surface area contributed by atoms with Gasteiger partial charge in [0.1, 0.15) is 17.5 Å². The number of methoxy groups -OCH3 is 1. The number of para-hydroxylation sites is 1. The Balaban J connectivity index is 1.95. The predicted octanol–water partition coefficient (Wildman–Crippen LogP) is 3.21. The molecule has 0 fully saturated rings. The maximum absolute atomic E-state index is 12.7. The van der Waals surface area contributed by atoms with Crippen LogP contribution in [0.5, 0.6) is 11.5 Å². The highest BCUT2D eigenvalue weighted by Crippen LogP contribution is 2.18. The second-order valence-corrected chi connectivity index (χ2v) is 7.01. The highest BCUT2D eigenvalue weighted by molar-refractivity contribution is 5.99. The van der Waals surface area contributed by atoms with E-state index in [4.69, 9.17) is 9.47 Å². The van der Waals surface area contributed by atoms with E-state index < -0.39 is 6.04 Å². The number of carbonyl (C=O) groups is 2. The Kier molecular flexibility index (Phi) is 8.52. The summed E-state index contributed by atoms with van der Waals surface area (Å²) in [5, 5.41) is 5.77. The smallest absolute Gasteiger partial charge is 0.255 e. The van der Waals surface area contributed by atoms with Gasteiger partial charge in [-0.2, -0.15) is 0 Å². The molecular weight excluding hydrogens is 368 g/mol. The van der Waals surface area contributed by atoms with Crippen LogP contribution in [-0.2, 0) is 11.2 Å². The van der Waals surface area contributed by atoms with Crippen molar-refractivity contribution in [3.05, 3.63) is 59.7 Å². The molecule has 0 saturated heterocycles. The molecule has 2 amide bonds. The van der Waals surface area contributed by atoms with Crippen LogP contribution in [0.25, 0.3) is 0 Å². The Morgan fingerprint density at radius 1 is 1.03 bits per heavy atom. The van der Waals surface area contributed by atoms with Gasteiger partial charge in [-0.15, -0.1) is 0 Å². The predicted molar refractivity (Wildman–Crippen MR) is 113 cm³/mol. The summed E-state index contributed by atoms with van der Waals surface area (Å²) in [5.74, 6) is 0.732. The van der Waals surface area contributed by atoms with Gasteiger partial charge in [0.2, 0.25) is 5.91 Å². The van der Waals surface area contributed by atoms with Gasteiger partial charge in [-0.05, 0) is 49.1 Å². The van der Waals surface area contributed by atoms with E-state index in [0.717, 1.165) is 11.3 Å². The van der Waals surface area contributed by atoms with Crippen LogP contribution in [0.15, 0.2) is 48.5 Å². The topological polar surface area (TPSA) is 76.7 Å². The van der Waals surface area contributed by atoms with Crippen molar-refractivity contribution >= 4 is 11.8 Å². The molecule has 2 aromatic rings. The molecule has 6 heteroatoms. The second-order valence-electron chi connectivity index (χ2n) is 7.01. The molecule has 1 unspecified atom stereocenters. The molecule has 2 N–H and O–H groups in total. The molecule has 156 valence electrons. The normalized spacial score (nSPS) is 11.6. The minimum Gasteiger partial charge on any atom is -0.497 e. The first-order chi connectivity index (χ1) is 14.0. The molecule has 2 rings (SSSR count). The quantitative estimate of drug-likeness (QED) is 0.644. The van der Waals surface area contributed by atoms with E-state index in [1.807, 2.05) is 51.1 Å². The van der Waals surface area contributed by atoms with Gasteiger partial charge in [-0.1, -0.05) is 38.1 Å². The maximum Gasteiger partial charge on any atom is 0.255 e. The zero-order valence-corrected chi connectivity index (χ0v) is 17.5. The van der Waals surface area contributed by atoms with Crippen molar-refractivity contribution in [2.75, 3.05) is 20.3 Å². The minimum absolute atomic E-state index is 0.0563. The van der Waals surface area contributed by atoms with Crippen LogP contribution in [0.2, 0.25) is 0 Å². The number of hydrogen-bond donors (Lipinski definition) is 2. The number of amides is 2. The summed E-state index contributed by atoms with van der Waals surface area (Å²) in [6.45, 7) is 6.62. The molecule has 0 aliphatic carbocycles. The van der Waals surface area contributed by atoms with Gasteiger partial charge < -0.3 is 20.1 Å². The number of carbonyl (C=O) groups excluding carboxylic acids is 2. The first-order valence-corrected chi connectivity index (χ1v) is 9.89. The highest BCUT2D eigenvalue weighted by Gasteiger charge is 2.25. The Hall–Kier alpha value is -3.02. The average molecular weight is 399 g/mol. The van der Waals surface area contributed by atoms with Crippen molar-refractivity contribution in [1.29, 1.82) is 0 Å². The third kappa shape index (κ3) is 6.52. The Morgan fingerprint density at radius 3 is 2.34 bits per heavy atom. The lowest BCUT2D eigenvalue weighted by molar-refractivity contribution is -0.123. The molecule has 2 aromatic carbocycles. The first-order valence-electron chi connectivity index (χ1n) is 9.89. The van der Waals surface area contributed by atoms with E-state index in [1.165, 1.54) is 0 Å². The van der Waals surface area contributed by atoms with Crippen molar-refractivity contribution in [3.63, 3.8) is 0 Å². The molecule has 0 heterocycles. The number of nitrogens with one attached hydrogen (secondary N) is 2. The Morgan fingerprint density at radius 2 is 1.72 bits per heavy atom. The van der Waals surface area contributed by atoms with E-state index in [-0.39, 0.29) is 17.7 Å². The molecule has 29 heavy (non-hydrogen) atoms. The third-order valence-electron chi connectivity index (χ3n) is 4.54. The van der Waals surface area contributed by atoms with Crippen LogP contribution >= 0.6 is 0 Å². The van der Waals surface area contributed by atoms with Gasteiger partial charge in [0, 0.05) is 6.54 Å². The zero-order chi connectivity index (χ0) is 21.2. The minimum atomic E-state index is -0.631. The van der Waals surface area contributed by atoms with Crippen LogP contribution in [-0.4, -0.2) is 38.1 Å². The highest BCUT2D eigenvalue weighted by atomic mass is 16.5. The number of hydrogen-bond acceptors (Lipinski definition) is 4. The number of ether oxygens (including phenoxy) is 2. The molecule has 0 aliphatic rings. The summed E-state index contributed by atoms with van der Waals surface area (Å²) in [6.07, 6.45) is 0.696. The molecule has 0 spiro atoms. The lowest BCUT2D eigenvalue weighted by Gasteiger charge is -2.22. The van der Waals surface area contributed by atoms with Crippen molar-refractivity contribution < 1.29 is 19.1 Å². The summed E-state index contributed by atoms with van der Waals surface area (Å²) in [4.78, 5) is 25.4. The van der Waals surface area contributed by atoms with Crippen LogP contribution in [0.1, 0.15) is 36.7 Å². The lowest BCUT2D eigenvalue weighted by atomic mass is 10.0. The lowest BCUT2D eigenvalue weighted by Crippen LogP contribution is -2.50. The summed E-state index contributed by atoms with van der Waals surface area (Å²) in [7, 11) is 1.63. The fourth-order valence-corrected chi connectivity index (χ4v) is 2.92. The Bertz CT molecular complexity index is 803. The molecule has 6 nitrogen and oxygen atoms in total. The van der Waals surface area contributed by atoms with Crippen molar-refractivity contribution in [2.45, 2.75) is 33.2 Å². The third-order valence-corrected chi connectivity index (χ3v) is 4.54. The zero-order valence-electron chi connectivity index (χ0n) is 17.5. The van der Waals surface area contributed by atoms with Crippen LogP contribution in [0.3, 0.4) is 0 Å². The fourth-order valence-electron chi connectivity index (χ4n) is 2.92. The molecule has 0 saturated carbocycles. The average Bonchev–Trinajstić information content (AvgIpc) is 2.72. The summed E-state index contributed by atoms with van der Waals surface area (Å²) in [6, 6.07) is 14.1. The Labute approximate surface area is 172 Å². The number of benzene rings is 2. The molecule has 0 aromatic heterocycles. The largest absolute Gasteiger partial charge is 0.497 e. The van der Waals surface area contributed by atoms with Gasteiger partial charge in [-0.25, -0.2) is 0 Å². The van der Waals surface area contributed by atoms with Gasteiger partial charge in [0.15, 0.2) is 0 Å². The standard InChI is InChI=1S/C23H30N2O4/c1-5-29-20-9-7-6-8-19(20)22(26)25-21(16(2)3)23(27)24-15-14-17-10-12-18(28-4)13-11-17/h6-13,16,21H,5,14-15H2,1-4H3,(H,24,27)(H,25,26). The van der Waals surface area contributed by atoms with Gasteiger partial charge in [0.05, 0.1) is 19.3 Å². The van der Waals surface area contributed by atoms with E-state index in [0.29, 0.717) is 30.9 Å². The van der Waals surface area contributed by atoms with E-state index in [2.05, 4.69) is 10.6 Å². The molecular formula is C23H30N2O4. The second kappa shape index (κ2) is 11.1. The van der Waals surface area contributed by atoms with E-state index in [1.54, 1.807) is 25.3 Å². The van der Waals surface area contributed by atoms with Gasteiger partial charge >= 0.3 is 0 Å². The van der Waals surface area contributed by atoms with E-state index >= 15 is 0 Å². The summed E-state index contributed by atoms with van der Waals surface area (Å²) in [5.41, 5.74) is 1.52. The van der Waals surface area contributed by atoms with Crippen molar-refractivity contribution in [3.8, 4) is 11.5 Å². The number of rotatable bonds is 10. The summed E-state index contributed by atoms with van der Waals surface area (Å²) < 4.78 is 10.7. The van der Waals surface area contributed by atoms with Crippen molar-refractivity contribution in [1.82, 2.24) is 10.6 Å². The van der Waals surface area contributed by atoms with E-state index in [9.17, 15) is 9.59 Å². The fraction of sp³-hybridized carbons (Fsp3) is 0.391. The first kappa shape index (κ1) is 22.3. The summed E-state index contributed by atoms with van der Waals surface area (Å²) >= 11 is 0. The SMILES string of the molecule is CCOc1ccccc1C(=O)NC(C(=O)NCCc1ccc(OC)cc1)C(C)C. The molecule has 0 aliphatic heterocycles. The monoisotopic (exact) mass is 398 g/mol. The van der Waals surface area contributed by atoms with Gasteiger partial charge in [-0.3, -0.25) is 9.59 Å². The van der Waals surface area contributed by atoms with Crippen molar-refractivity contribution in [2.24, 2.45) is 5.92 Å². The molecule has 0 bridgehead atoms. The van der Waals surface area contributed by atoms with Crippen LogP contribution in [0, 0.1) is 5.92 Å². The maximum atomic E-state index is 12.7. The van der Waals surface area contributed by atoms with Gasteiger partial charge in [0.25, 0.3) is 5.91 Å².